The van der Waals surface area contributed by atoms with E-state index in [1.807, 2.05) is 0 Å². The van der Waals surface area contributed by atoms with E-state index in [1.165, 1.54) is 0 Å². The van der Waals surface area contributed by atoms with E-state index in [4.69, 9.17) is 0 Å². The van der Waals surface area contributed by atoms with E-state index in [0.717, 1.165) is 38.5 Å². The van der Waals surface area contributed by atoms with Gasteiger partial charge in [0.1, 0.15) is 5.78 Å². The van der Waals surface area contributed by atoms with Gasteiger partial charge in [-0.05, 0) is 37.5 Å². The van der Waals surface area contributed by atoms with Crippen LogP contribution in [-0.4, -0.2) is 5.78 Å². The van der Waals surface area contributed by atoms with Gasteiger partial charge in [0.25, 0.3) is 0 Å². The van der Waals surface area contributed by atoms with Crippen molar-refractivity contribution < 1.29 is 4.79 Å². The molecule has 0 unspecified atom stereocenters. The number of hydrogen-bond donors (Lipinski definition) is 0. The zero-order valence-electron chi connectivity index (χ0n) is 10.2. The molecule has 1 fully saturated rings. The van der Waals surface area contributed by atoms with Crippen LogP contribution in [0.5, 0.6) is 0 Å². The van der Waals surface area contributed by atoms with Crippen LogP contribution in [-0.2, 0) is 4.79 Å². The molecule has 0 N–H and O–H groups in total. The second-order valence-electron chi connectivity index (χ2n) is 4.70. The summed E-state index contributed by atoms with van der Waals surface area (Å²) in [5.74, 6) is 0.534. The summed E-state index contributed by atoms with van der Waals surface area (Å²) in [6.45, 7) is 8.88. The second kappa shape index (κ2) is 4.04. The highest BCUT2D eigenvalue weighted by Crippen LogP contribution is 2.58. The minimum atomic E-state index is 0.0104. The van der Waals surface area contributed by atoms with Gasteiger partial charge in [-0.2, -0.15) is 0 Å². The SMILES string of the molecule is CCC1(CC)CCC(=O)C1(CC)CC. The van der Waals surface area contributed by atoms with Crippen molar-refractivity contribution in [3.63, 3.8) is 0 Å². The van der Waals surface area contributed by atoms with E-state index in [-0.39, 0.29) is 5.41 Å². The first-order valence-corrected chi connectivity index (χ1v) is 6.15. The predicted molar refractivity (Wildman–Crippen MR) is 60.3 cm³/mol. The molecule has 1 aliphatic rings. The Kier molecular flexibility index (Phi) is 3.39. The first-order chi connectivity index (χ1) is 6.62. The second-order valence-corrected chi connectivity index (χ2v) is 4.70. The van der Waals surface area contributed by atoms with Crippen molar-refractivity contribution in [2.75, 3.05) is 0 Å². The van der Waals surface area contributed by atoms with Crippen LogP contribution in [0.2, 0.25) is 0 Å². The van der Waals surface area contributed by atoms with Crippen LogP contribution in [0.4, 0.5) is 0 Å². The fourth-order valence-electron chi connectivity index (χ4n) is 3.80. The van der Waals surface area contributed by atoms with Gasteiger partial charge in [0.15, 0.2) is 0 Å². The van der Waals surface area contributed by atoms with Gasteiger partial charge in [-0.15, -0.1) is 0 Å². The highest BCUT2D eigenvalue weighted by Gasteiger charge is 2.55. The third-order valence-corrected chi connectivity index (χ3v) is 4.94. The first kappa shape index (κ1) is 11.7. The number of Topliss-reactive ketones (excluding diaryl/α,β-unsaturated/α-hetero) is 1. The molecule has 0 radical (unpaired) electrons. The molecule has 0 aromatic rings. The maximum Gasteiger partial charge on any atom is 0.139 e. The van der Waals surface area contributed by atoms with Gasteiger partial charge in [-0.3, -0.25) is 4.79 Å². The lowest BCUT2D eigenvalue weighted by Crippen LogP contribution is -2.40. The smallest absolute Gasteiger partial charge is 0.139 e. The van der Waals surface area contributed by atoms with Crippen LogP contribution >= 0.6 is 0 Å². The quantitative estimate of drug-likeness (QED) is 0.665. The molecule has 0 spiro atoms. The summed E-state index contributed by atoms with van der Waals surface area (Å²) < 4.78 is 0. The summed E-state index contributed by atoms with van der Waals surface area (Å²) in [5.41, 5.74) is 0.323. The van der Waals surface area contributed by atoms with Crippen molar-refractivity contribution in [2.24, 2.45) is 10.8 Å². The first-order valence-electron chi connectivity index (χ1n) is 6.15. The highest BCUT2D eigenvalue weighted by atomic mass is 16.1. The molecule has 0 amide bonds. The average Bonchev–Trinajstić information content (AvgIpc) is 2.52. The molecule has 1 heteroatoms. The molecule has 0 atom stereocenters. The summed E-state index contributed by atoms with van der Waals surface area (Å²) in [6.07, 6.45) is 6.34. The third kappa shape index (κ3) is 1.24. The maximum atomic E-state index is 12.1. The molecule has 1 nitrogen and oxygen atoms in total. The lowest BCUT2D eigenvalue weighted by molar-refractivity contribution is -0.131. The molecule has 0 aliphatic heterocycles. The summed E-state index contributed by atoms with van der Waals surface area (Å²) in [4.78, 5) is 12.1. The lowest BCUT2D eigenvalue weighted by atomic mass is 9.59. The molecule has 1 saturated carbocycles. The van der Waals surface area contributed by atoms with Crippen molar-refractivity contribution in [1.29, 1.82) is 0 Å². The highest BCUT2D eigenvalue weighted by molar-refractivity contribution is 5.88. The standard InChI is InChI=1S/C13H24O/c1-5-12(6-2)10-9-11(14)13(12,7-3)8-4/h5-10H2,1-4H3. The van der Waals surface area contributed by atoms with Gasteiger partial charge in [-0.25, -0.2) is 0 Å². The minimum absolute atomic E-state index is 0.0104. The average molecular weight is 196 g/mol. The number of carbonyl (C=O) groups is 1. The predicted octanol–water partition coefficient (Wildman–Crippen LogP) is 3.96. The third-order valence-electron chi connectivity index (χ3n) is 4.94. The fraction of sp³-hybridized carbons (Fsp3) is 0.923. The largest absolute Gasteiger partial charge is 0.299 e. The molecule has 82 valence electrons. The monoisotopic (exact) mass is 196 g/mol. The molecule has 0 bridgehead atoms. The fourth-order valence-corrected chi connectivity index (χ4v) is 3.80. The number of rotatable bonds is 4. The van der Waals surface area contributed by atoms with Crippen molar-refractivity contribution in [3.8, 4) is 0 Å². The summed E-state index contributed by atoms with van der Waals surface area (Å²) in [7, 11) is 0. The number of hydrogen-bond acceptors (Lipinski definition) is 1. The Morgan fingerprint density at radius 2 is 1.50 bits per heavy atom. The minimum Gasteiger partial charge on any atom is -0.299 e. The Morgan fingerprint density at radius 1 is 1.00 bits per heavy atom. The van der Waals surface area contributed by atoms with Crippen molar-refractivity contribution in [3.05, 3.63) is 0 Å². The molecule has 0 aromatic heterocycles. The van der Waals surface area contributed by atoms with Gasteiger partial charge in [0, 0.05) is 11.8 Å². The molecular formula is C13H24O. The van der Waals surface area contributed by atoms with Gasteiger partial charge in [0.2, 0.25) is 0 Å². The Labute approximate surface area is 88.3 Å². The van der Waals surface area contributed by atoms with E-state index in [9.17, 15) is 4.79 Å². The van der Waals surface area contributed by atoms with E-state index in [1.54, 1.807) is 0 Å². The van der Waals surface area contributed by atoms with Crippen LogP contribution in [0.3, 0.4) is 0 Å². The normalized spacial score (nSPS) is 24.1. The Bertz CT molecular complexity index is 209. The van der Waals surface area contributed by atoms with Crippen molar-refractivity contribution in [1.82, 2.24) is 0 Å². The van der Waals surface area contributed by atoms with Gasteiger partial charge < -0.3 is 0 Å². The van der Waals surface area contributed by atoms with Crippen LogP contribution < -0.4 is 0 Å². The van der Waals surface area contributed by atoms with Crippen LogP contribution in [0.25, 0.3) is 0 Å². The maximum absolute atomic E-state index is 12.1. The summed E-state index contributed by atoms with van der Waals surface area (Å²) in [5, 5.41) is 0. The zero-order chi connectivity index (χ0) is 10.8. The Hall–Kier alpha value is -0.330. The van der Waals surface area contributed by atoms with Crippen molar-refractivity contribution >= 4 is 5.78 Å². The molecule has 1 aliphatic carbocycles. The van der Waals surface area contributed by atoms with Crippen molar-refractivity contribution in [2.45, 2.75) is 66.2 Å². The molecule has 14 heavy (non-hydrogen) atoms. The van der Waals surface area contributed by atoms with Gasteiger partial charge in [-0.1, -0.05) is 27.7 Å². The summed E-state index contributed by atoms with van der Waals surface area (Å²) >= 11 is 0. The molecule has 0 saturated heterocycles. The number of carbonyl (C=O) groups excluding carboxylic acids is 1. The van der Waals surface area contributed by atoms with E-state index < -0.39 is 0 Å². The van der Waals surface area contributed by atoms with Crippen LogP contribution in [0.1, 0.15) is 66.2 Å². The zero-order valence-corrected chi connectivity index (χ0v) is 10.2. The van der Waals surface area contributed by atoms with Crippen LogP contribution in [0.15, 0.2) is 0 Å². The molecule has 0 heterocycles. The molecular weight excluding hydrogens is 172 g/mol. The van der Waals surface area contributed by atoms with E-state index >= 15 is 0 Å². The van der Waals surface area contributed by atoms with Crippen LogP contribution in [0, 0.1) is 10.8 Å². The molecule has 0 aromatic carbocycles. The molecule has 1 rings (SSSR count). The Balaban J connectivity index is 3.12. The Morgan fingerprint density at radius 3 is 1.79 bits per heavy atom. The number of ketones is 1. The van der Waals surface area contributed by atoms with E-state index in [2.05, 4.69) is 27.7 Å². The van der Waals surface area contributed by atoms with Gasteiger partial charge >= 0.3 is 0 Å². The topological polar surface area (TPSA) is 17.1 Å². The summed E-state index contributed by atoms with van der Waals surface area (Å²) in [6, 6.07) is 0. The van der Waals surface area contributed by atoms with E-state index in [0.29, 0.717) is 11.2 Å². The van der Waals surface area contributed by atoms with Gasteiger partial charge in [0.05, 0.1) is 0 Å². The lowest BCUT2D eigenvalue weighted by Gasteiger charge is -2.43.